The Labute approximate surface area is 101 Å². The zero-order valence-electron chi connectivity index (χ0n) is 9.76. The molecule has 0 aliphatic carbocycles. The summed E-state index contributed by atoms with van der Waals surface area (Å²) < 4.78 is 10.6. The summed E-state index contributed by atoms with van der Waals surface area (Å²) >= 11 is 0. The molecule has 2 aliphatic rings. The fourth-order valence-electron chi connectivity index (χ4n) is 2.13. The molecule has 4 heteroatoms. The molecule has 0 atom stereocenters. The van der Waals surface area contributed by atoms with Crippen molar-refractivity contribution >= 4 is 6.21 Å². The third kappa shape index (κ3) is 2.35. The van der Waals surface area contributed by atoms with Crippen LogP contribution in [0, 0.1) is 0 Å². The largest absolute Gasteiger partial charge is 0.454 e. The number of benzene rings is 1. The Bertz CT molecular complexity index is 425. The van der Waals surface area contributed by atoms with E-state index < -0.39 is 0 Å². The van der Waals surface area contributed by atoms with Crippen LogP contribution in [0.3, 0.4) is 0 Å². The first-order valence-electron chi connectivity index (χ1n) is 6.10. The zero-order valence-corrected chi connectivity index (χ0v) is 9.76. The van der Waals surface area contributed by atoms with Crippen molar-refractivity contribution in [2.24, 2.45) is 5.10 Å². The number of hydrogen-bond donors (Lipinski definition) is 0. The lowest BCUT2D eigenvalue weighted by atomic mass is 10.2. The van der Waals surface area contributed by atoms with E-state index in [1.54, 1.807) is 0 Å². The molecule has 3 rings (SSSR count). The first-order valence-corrected chi connectivity index (χ1v) is 6.10. The van der Waals surface area contributed by atoms with Crippen LogP contribution in [0.15, 0.2) is 23.3 Å². The van der Waals surface area contributed by atoms with Crippen LogP contribution in [-0.4, -0.2) is 31.1 Å². The van der Waals surface area contributed by atoms with Gasteiger partial charge in [-0.25, -0.2) is 0 Å². The molecule has 2 heterocycles. The first kappa shape index (κ1) is 10.4. The highest BCUT2D eigenvalue weighted by Crippen LogP contribution is 2.32. The monoisotopic (exact) mass is 232 g/mol. The van der Waals surface area contributed by atoms with E-state index in [4.69, 9.17) is 9.47 Å². The summed E-state index contributed by atoms with van der Waals surface area (Å²) in [6.45, 7) is 2.46. The molecule has 0 radical (unpaired) electrons. The maximum atomic E-state index is 5.33. The van der Waals surface area contributed by atoms with Crippen LogP contribution >= 0.6 is 0 Å². The molecule has 17 heavy (non-hydrogen) atoms. The average molecular weight is 232 g/mol. The van der Waals surface area contributed by atoms with Crippen molar-refractivity contribution in [2.45, 2.75) is 19.3 Å². The summed E-state index contributed by atoms with van der Waals surface area (Å²) in [7, 11) is 0. The Morgan fingerprint density at radius 1 is 1.06 bits per heavy atom. The van der Waals surface area contributed by atoms with Crippen LogP contribution in [0.1, 0.15) is 24.8 Å². The molecule has 0 N–H and O–H groups in total. The van der Waals surface area contributed by atoms with Crippen molar-refractivity contribution in [3.05, 3.63) is 23.8 Å². The lowest BCUT2D eigenvalue weighted by molar-refractivity contribution is 0.174. The summed E-state index contributed by atoms with van der Waals surface area (Å²) in [5.41, 5.74) is 1.06. The fourth-order valence-corrected chi connectivity index (χ4v) is 2.13. The second-order valence-corrected chi connectivity index (χ2v) is 4.37. The van der Waals surface area contributed by atoms with Crippen molar-refractivity contribution in [3.63, 3.8) is 0 Å². The normalized spacial score (nSPS) is 18.9. The van der Waals surface area contributed by atoms with E-state index in [2.05, 4.69) is 10.1 Å². The number of hydrazone groups is 1. The number of fused-ring (bicyclic) bond motifs is 1. The second kappa shape index (κ2) is 4.65. The molecule has 0 amide bonds. The summed E-state index contributed by atoms with van der Waals surface area (Å²) in [6, 6.07) is 5.90. The van der Waals surface area contributed by atoms with Gasteiger partial charge in [0.25, 0.3) is 0 Å². The molecule has 90 valence electrons. The van der Waals surface area contributed by atoms with Crippen molar-refractivity contribution < 1.29 is 9.47 Å². The highest BCUT2D eigenvalue weighted by atomic mass is 16.7. The molecule has 0 unspecified atom stereocenters. The molecule has 1 saturated heterocycles. The average Bonchev–Trinajstić information content (AvgIpc) is 2.85. The molecular formula is C13H16N2O2. The fraction of sp³-hybridized carbons (Fsp3) is 0.462. The molecule has 1 aromatic rings. The van der Waals surface area contributed by atoms with E-state index in [0.717, 1.165) is 30.2 Å². The predicted molar refractivity (Wildman–Crippen MR) is 65.6 cm³/mol. The van der Waals surface area contributed by atoms with Gasteiger partial charge < -0.3 is 9.47 Å². The number of rotatable bonds is 2. The number of hydrogen-bond acceptors (Lipinski definition) is 4. The summed E-state index contributed by atoms with van der Waals surface area (Å²) in [5, 5.41) is 6.62. The van der Waals surface area contributed by atoms with Crippen molar-refractivity contribution in [1.82, 2.24) is 5.01 Å². The van der Waals surface area contributed by atoms with Gasteiger partial charge in [-0.15, -0.1) is 0 Å². The van der Waals surface area contributed by atoms with Gasteiger partial charge in [-0.1, -0.05) is 0 Å². The van der Waals surface area contributed by atoms with Crippen LogP contribution in [0.4, 0.5) is 0 Å². The van der Waals surface area contributed by atoms with Gasteiger partial charge in [0.15, 0.2) is 11.5 Å². The summed E-state index contributed by atoms with van der Waals surface area (Å²) in [4.78, 5) is 0. The third-order valence-corrected chi connectivity index (χ3v) is 3.10. The van der Waals surface area contributed by atoms with Gasteiger partial charge in [0.1, 0.15) is 0 Å². The number of nitrogens with zero attached hydrogens (tertiary/aromatic N) is 2. The summed E-state index contributed by atoms with van der Waals surface area (Å²) in [6.07, 6.45) is 5.72. The molecule has 0 spiro atoms. The molecule has 2 aliphatic heterocycles. The van der Waals surface area contributed by atoms with Gasteiger partial charge in [0.05, 0.1) is 6.21 Å². The SMILES string of the molecule is C(=N\N1CCCCC1)/c1ccc2c(c1)OCO2. The topological polar surface area (TPSA) is 34.1 Å². The molecule has 0 bridgehead atoms. The predicted octanol–water partition coefficient (Wildman–Crippen LogP) is 2.24. The van der Waals surface area contributed by atoms with Gasteiger partial charge >= 0.3 is 0 Å². The van der Waals surface area contributed by atoms with Gasteiger partial charge in [0, 0.05) is 13.1 Å². The Morgan fingerprint density at radius 3 is 2.76 bits per heavy atom. The van der Waals surface area contributed by atoms with Crippen LogP contribution in [0.25, 0.3) is 0 Å². The quantitative estimate of drug-likeness (QED) is 0.733. The lowest BCUT2D eigenvalue weighted by Crippen LogP contribution is -2.24. The van der Waals surface area contributed by atoms with E-state index in [1.165, 1.54) is 19.3 Å². The van der Waals surface area contributed by atoms with Gasteiger partial charge in [-0.2, -0.15) is 5.10 Å². The number of ether oxygens (including phenoxy) is 2. The standard InChI is InChI=1S/C13H16N2O2/c1-2-6-15(7-3-1)14-9-11-4-5-12-13(8-11)17-10-16-12/h4-5,8-9H,1-3,6-7,10H2/b14-9+. The van der Waals surface area contributed by atoms with Crippen LogP contribution in [0.5, 0.6) is 11.5 Å². The van der Waals surface area contributed by atoms with E-state index in [1.807, 2.05) is 24.4 Å². The molecule has 0 saturated carbocycles. The highest BCUT2D eigenvalue weighted by molar-refractivity contribution is 5.80. The minimum atomic E-state index is 0.321. The molecule has 4 nitrogen and oxygen atoms in total. The Morgan fingerprint density at radius 2 is 1.88 bits per heavy atom. The minimum Gasteiger partial charge on any atom is -0.454 e. The number of piperidine rings is 1. The van der Waals surface area contributed by atoms with Crippen LogP contribution in [-0.2, 0) is 0 Å². The first-order chi connectivity index (χ1) is 8.42. The Kier molecular flexibility index (Phi) is 2.86. The van der Waals surface area contributed by atoms with Crippen molar-refractivity contribution in [1.29, 1.82) is 0 Å². The van der Waals surface area contributed by atoms with Crippen molar-refractivity contribution in [3.8, 4) is 11.5 Å². The molecule has 0 aromatic heterocycles. The van der Waals surface area contributed by atoms with Crippen LogP contribution in [0.2, 0.25) is 0 Å². The zero-order chi connectivity index (χ0) is 11.5. The highest BCUT2D eigenvalue weighted by Gasteiger charge is 2.12. The molecular weight excluding hydrogens is 216 g/mol. The van der Waals surface area contributed by atoms with Gasteiger partial charge in [-0.3, -0.25) is 5.01 Å². The summed E-state index contributed by atoms with van der Waals surface area (Å²) in [5.74, 6) is 1.63. The maximum Gasteiger partial charge on any atom is 0.231 e. The second-order valence-electron chi connectivity index (χ2n) is 4.37. The lowest BCUT2D eigenvalue weighted by Gasteiger charge is -2.23. The Hall–Kier alpha value is -1.71. The van der Waals surface area contributed by atoms with E-state index in [9.17, 15) is 0 Å². The maximum absolute atomic E-state index is 5.33. The smallest absolute Gasteiger partial charge is 0.231 e. The minimum absolute atomic E-state index is 0.321. The molecule has 1 fully saturated rings. The van der Waals surface area contributed by atoms with E-state index >= 15 is 0 Å². The van der Waals surface area contributed by atoms with Gasteiger partial charge in [-0.05, 0) is 43.0 Å². The van der Waals surface area contributed by atoms with Gasteiger partial charge in [0.2, 0.25) is 6.79 Å². The van der Waals surface area contributed by atoms with Crippen molar-refractivity contribution in [2.75, 3.05) is 19.9 Å². The third-order valence-electron chi connectivity index (χ3n) is 3.10. The van der Waals surface area contributed by atoms with Crippen LogP contribution < -0.4 is 9.47 Å². The van der Waals surface area contributed by atoms with E-state index in [0.29, 0.717) is 6.79 Å². The van der Waals surface area contributed by atoms with E-state index in [-0.39, 0.29) is 0 Å². The Balaban J connectivity index is 1.69. The molecule has 1 aromatic carbocycles.